The Morgan fingerprint density at radius 2 is 1.38 bits per heavy atom. The normalized spacial score (nSPS) is 23.3. The quantitative estimate of drug-likeness (QED) is 0.380. The summed E-state index contributed by atoms with van der Waals surface area (Å²) < 4.78 is 95.5. The molecule has 1 unspecified atom stereocenters. The molecule has 168 valence electrons. The maximum absolute atomic E-state index is 14.5. The molecule has 1 aromatic carbocycles. The molecule has 0 spiro atoms. The number of carbonyl (C=O) groups is 4. The van der Waals surface area contributed by atoms with Crippen LogP contribution in [-0.2, 0) is 24.5 Å². The molecule has 0 amide bonds. The van der Waals surface area contributed by atoms with E-state index in [9.17, 15) is 45.5 Å². The molecule has 0 saturated heterocycles. The lowest BCUT2D eigenvalue weighted by molar-refractivity contribution is -0.329. The first-order chi connectivity index (χ1) is 14.6. The second-order valence-electron chi connectivity index (χ2n) is 7.68. The number of benzene rings is 1. The van der Waals surface area contributed by atoms with Crippen LogP contribution in [0.3, 0.4) is 0 Å². The highest BCUT2D eigenvalue weighted by Gasteiger charge is 2.78. The van der Waals surface area contributed by atoms with Crippen molar-refractivity contribution in [1.29, 1.82) is 0 Å². The van der Waals surface area contributed by atoms with Crippen molar-refractivity contribution in [3.63, 3.8) is 0 Å². The van der Waals surface area contributed by atoms with Crippen LogP contribution in [-0.4, -0.2) is 36.2 Å². The first kappa shape index (κ1) is 21.8. The minimum absolute atomic E-state index is 0.324. The van der Waals surface area contributed by atoms with E-state index in [2.05, 4.69) is 9.47 Å². The van der Waals surface area contributed by atoms with E-state index in [0.29, 0.717) is 37.3 Å². The van der Waals surface area contributed by atoms with Crippen LogP contribution in [0.5, 0.6) is 0 Å². The van der Waals surface area contributed by atoms with Gasteiger partial charge in [-0.05, 0) is 24.1 Å². The molecule has 6 nitrogen and oxygen atoms in total. The molecule has 1 aliphatic carbocycles. The van der Waals surface area contributed by atoms with Gasteiger partial charge in [0.1, 0.15) is 0 Å². The third-order valence-corrected chi connectivity index (χ3v) is 5.92. The lowest BCUT2D eigenvalue weighted by Crippen LogP contribution is -2.63. The van der Waals surface area contributed by atoms with Crippen molar-refractivity contribution in [2.75, 3.05) is 0 Å². The number of esters is 4. The van der Waals surface area contributed by atoms with Gasteiger partial charge in [-0.1, -0.05) is 25.1 Å². The summed E-state index contributed by atoms with van der Waals surface area (Å²) in [6, 6.07) is 1.42. The fourth-order valence-electron chi connectivity index (χ4n) is 4.50. The van der Waals surface area contributed by atoms with Crippen LogP contribution in [0.4, 0.5) is 26.3 Å². The second-order valence-corrected chi connectivity index (χ2v) is 7.68. The standard InChI is InChI=1S/C20H10F6O6/c1-17(5-4-10-12(7-17)16(30)32-14(10)28)18(19(21,22)23,20(24,25)26)8-2-3-9-11(6-8)15(29)31-13(9)27/h2-6H,7H2,1H3. The molecule has 1 aromatic rings. The topological polar surface area (TPSA) is 86.7 Å². The molecular weight excluding hydrogens is 450 g/mol. The Kier molecular flexibility index (Phi) is 4.29. The molecule has 0 fully saturated rings. The molecule has 0 saturated carbocycles. The van der Waals surface area contributed by atoms with Crippen LogP contribution in [0.2, 0.25) is 0 Å². The van der Waals surface area contributed by atoms with Crippen molar-refractivity contribution in [2.24, 2.45) is 5.41 Å². The molecule has 2 aliphatic heterocycles. The van der Waals surface area contributed by atoms with Crippen LogP contribution in [0, 0.1) is 5.41 Å². The summed E-state index contributed by atoms with van der Waals surface area (Å²) in [5.74, 6) is -5.09. The zero-order chi connectivity index (χ0) is 23.9. The molecule has 0 bridgehead atoms. The predicted octanol–water partition coefficient (Wildman–Crippen LogP) is 3.71. The third kappa shape index (κ3) is 2.61. The average Bonchev–Trinajstić information content (AvgIpc) is 3.08. The molecule has 0 radical (unpaired) electrons. The van der Waals surface area contributed by atoms with Gasteiger partial charge in [0.2, 0.25) is 0 Å². The molecule has 12 heteroatoms. The van der Waals surface area contributed by atoms with E-state index in [1.54, 1.807) is 0 Å². The van der Waals surface area contributed by atoms with E-state index in [4.69, 9.17) is 0 Å². The van der Waals surface area contributed by atoms with Crippen LogP contribution in [0.1, 0.15) is 39.6 Å². The molecule has 0 aromatic heterocycles. The van der Waals surface area contributed by atoms with Crippen molar-refractivity contribution < 1.29 is 55.0 Å². The van der Waals surface area contributed by atoms with E-state index >= 15 is 0 Å². The molecule has 2 heterocycles. The Hall–Kier alpha value is -3.44. The van der Waals surface area contributed by atoms with E-state index in [1.807, 2.05) is 0 Å². The smallest absolute Gasteiger partial charge is 0.386 e. The minimum atomic E-state index is -5.99. The van der Waals surface area contributed by atoms with Crippen LogP contribution >= 0.6 is 0 Å². The van der Waals surface area contributed by atoms with Gasteiger partial charge in [0.25, 0.3) is 0 Å². The monoisotopic (exact) mass is 460 g/mol. The third-order valence-electron chi connectivity index (χ3n) is 5.92. The maximum atomic E-state index is 14.5. The minimum Gasteiger partial charge on any atom is -0.386 e. The summed E-state index contributed by atoms with van der Waals surface area (Å²) in [6.07, 6.45) is -11.8. The number of halogens is 6. The van der Waals surface area contributed by atoms with Crippen LogP contribution < -0.4 is 0 Å². The highest BCUT2D eigenvalue weighted by Crippen LogP contribution is 2.64. The van der Waals surface area contributed by atoms with Crippen molar-refractivity contribution in [3.8, 4) is 0 Å². The maximum Gasteiger partial charge on any atom is 0.408 e. The van der Waals surface area contributed by atoms with Gasteiger partial charge in [-0.25, -0.2) is 19.2 Å². The number of carbonyl (C=O) groups excluding carboxylic acids is 4. The number of alkyl halides is 6. The summed E-state index contributed by atoms with van der Waals surface area (Å²) in [5, 5.41) is 0. The second kappa shape index (κ2) is 6.30. The van der Waals surface area contributed by atoms with Crippen molar-refractivity contribution in [1.82, 2.24) is 0 Å². The largest absolute Gasteiger partial charge is 0.408 e. The average molecular weight is 460 g/mol. The first-order valence-electron chi connectivity index (χ1n) is 8.87. The van der Waals surface area contributed by atoms with Gasteiger partial charge in [-0.15, -0.1) is 0 Å². The van der Waals surface area contributed by atoms with Gasteiger partial charge in [-0.2, -0.15) is 26.3 Å². The highest BCUT2D eigenvalue weighted by molar-refractivity contribution is 6.15. The van der Waals surface area contributed by atoms with Crippen LogP contribution in [0.15, 0.2) is 41.5 Å². The fourth-order valence-corrected chi connectivity index (χ4v) is 4.50. The number of cyclic esters (lactones) is 4. The lowest BCUT2D eigenvalue weighted by Gasteiger charge is -2.50. The van der Waals surface area contributed by atoms with E-state index in [-0.39, 0.29) is 0 Å². The van der Waals surface area contributed by atoms with E-state index in [1.165, 1.54) is 0 Å². The van der Waals surface area contributed by atoms with Gasteiger partial charge in [0, 0.05) is 5.41 Å². The van der Waals surface area contributed by atoms with Gasteiger partial charge >= 0.3 is 36.2 Å². The Morgan fingerprint density at radius 3 is 1.97 bits per heavy atom. The first-order valence-corrected chi connectivity index (χ1v) is 8.87. The molecule has 3 aliphatic rings. The summed E-state index contributed by atoms with van der Waals surface area (Å²) in [5.41, 5.74) is -11.1. The SMILES string of the molecule is CC1(C(c2ccc3c(c2)C(=O)OC3=O)(C(F)(F)F)C(F)(F)F)C=CC2=C(C1)C(=O)OC2=O. The zero-order valence-electron chi connectivity index (χ0n) is 15.8. The van der Waals surface area contributed by atoms with Crippen molar-refractivity contribution in [2.45, 2.75) is 31.1 Å². The van der Waals surface area contributed by atoms with Gasteiger partial charge < -0.3 is 9.47 Å². The Morgan fingerprint density at radius 1 is 0.812 bits per heavy atom. The van der Waals surface area contributed by atoms with Gasteiger partial charge in [-0.3, -0.25) is 0 Å². The summed E-state index contributed by atoms with van der Waals surface area (Å²) >= 11 is 0. The van der Waals surface area contributed by atoms with Gasteiger partial charge in [0.05, 0.1) is 22.3 Å². The van der Waals surface area contributed by atoms with Crippen LogP contribution in [0.25, 0.3) is 0 Å². The van der Waals surface area contributed by atoms with E-state index in [0.717, 1.165) is 0 Å². The summed E-state index contributed by atoms with van der Waals surface area (Å²) in [4.78, 5) is 47.0. The van der Waals surface area contributed by atoms with Crippen molar-refractivity contribution in [3.05, 3.63) is 58.2 Å². The molecule has 1 atom stereocenters. The molecule has 0 N–H and O–H groups in total. The number of fused-ring (bicyclic) bond motifs is 1. The Bertz CT molecular complexity index is 1160. The highest BCUT2D eigenvalue weighted by atomic mass is 19.4. The summed E-state index contributed by atoms with van der Waals surface area (Å²) in [7, 11) is 0. The molecule has 32 heavy (non-hydrogen) atoms. The molecular formula is C20H10F6O6. The van der Waals surface area contributed by atoms with Gasteiger partial charge in [0.15, 0.2) is 5.41 Å². The number of ether oxygens (including phenoxy) is 2. The Balaban J connectivity index is 2.01. The Labute approximate surface area is 174 Å². The number of allylic oxidation sites excluding steroid dienone is 1. The predicted molar refractivity (Wildman–Crippen MR) is 90.0 cm³/mol. The van der Waals surface area contributed by atoms with E-state index < -0.39 is 81.3 Å². The number of hydrogen-bond donors (Lipinski definition) is 0. The zero-order valence-corrected chi connectivity index (χ0v) is 15.8. The summed E-state index contributed by atoms with van der Waals surface area (Å²) in [6.45, 7) is 0.640. The lowest BCUT2D eigenvalue weighted by atomic mass is 9.55. The molecule has 4 rings (SSSR count). The van der Waals surface area contributed by atoms with Crippen molar-refractivity contribution >= 4 is 23.9 Å². The fraction of sp³-hybridized carbons (Fsp3) is 0.300. The number of rotatable bonds is 2. The number of hydrogen-bond acceptors (Lipinski definition) is 6.